The summed E-state index contributed by atoms with van der Waals surface area (Å²) >= 11 is 1.65. The van der Waals surface area contributed by atoms with E-state index in [9.17, 15) is 4.79 Å². The maximum absolute atomic E-state index is 13.4. The lowest BCUT2D eigenvalue weighted by atomic mass is 9.49. The fourth-order valence-electron chi connectivity index (χ4n) is 6.27. The molecule has 0 radical (unpaired) electrons. The fourth-order valence-corrected chi connectivity index (χ4v) is 7.32. The zero-order valence-corrected chi connectivity index (χ0v) is 16.8. The minimum Gasteiger partial charge on any atom is -0.385 e. The highest BCUT2D eigenvalue weighted by atomic mass is 32.1. The first-order valence-electron chi connectivity index (χ1n) is 10.3. The first-order valence-corrected chi connectivity index (χ1v) is 11.1. The number of nitrogens with zero attached hydrogens (tertiary/aromatic N) is 2. The number of amides is 1. The molecule has 144 valence electrons. The van der Waals surface area contributed by atoms with E-state index >= 15 is 0 Å². The monoisotopic (exact) mass is 384 g/mol. The molecule has 4 aliphatic rings. The van der Waals surface area contributed by atoms with Gasteiger partial charge in [0.2, 0.25) is 0 Å². The van der Waals surface area contributed by atoms with Gasteiger partial charge in [-0.25, -0.2) is 0 Å². The van der Waals surface area contributed by atoms with Crippen molar-refractivity contribution >= 4 is 27.5 Å². The smallest absolute Gasteiger partial charge is 0.254 e. The first kappa shape index (κ1) is 17.6. The Morgan fingerprint density at radius 1 is 1.19 bits per heavy atom. The van der Waals surface area contributed by atoms with Crippen LogP contribution in [0.1, 0.15) is 44.9 Å². The van der Waals surface area contributed by atoms with Crippen LogP contribution in [0, 0.1) is 23.2 Å². The lowest BCUT2D eigenvalue weighted by Gasteiger charge is -2.55. The molecule has 2 aromatic rings. The number of aryl methyl sites for hydroxylation is 1. The molecule has 4 fully saturated rings. The Balaban J connectivity index is 1.52. The molecule has 1 aromatic heterocycles. The largest absolute Gasteiger partial charge is 0.385 e. The summed E-state index contributed by atoms with van der Waals surface area (Å²) in [5.41, 5.74) is 1.02. The molecule has 0 N–H and O–H groups in total. The molecule has 1 heterocycles. The van der Waals surface area contributed by atoms with Gasteiger partial charge in [0.1, 0.15) is 0 Å². The Bertz CT molecular complexity index is 890. The van der Waals surface area contributed by atoms with Crippen molar-refractivity contribution in [1.29, 1.82) is 0 Å². The van der Waals surface area contributed by atoms with Gasteiger partial charge in [0, 0.05) is 20.3 Å². The summed E-state index contributed by atoms with van der Waals surface area (Å²) in [4.78, 5) is 19.1. The number of methoxy groups -OCH3 is 1. The molecule has 1 amide bonds. The second-order valence-electron chi connectivity index (χ2n) is 8.97. The van der Waals surface area contributed by atoms with Crippen LogP contribution in [-0.4, -0.2) is 24.2 Å². The Morgan fingerprint density at radius 3 is 2.52 bits per heavy atom. The number of carbonyl (C=O) groups excluding carboxylic acids is 1. The van der Waals surface area contributed by atoms with Gasteiger partial charge in [-0.3, -0.25) is 4.79 Å². The average Bonchev–Trinajstić information content (AvgIpc) is 2.98. The number of rotatable bonds is 5. The van der Waals surface area contributed by atoms with Crippen LogP contribution in [0.2, 0.25) is 0 Å². The highest BCUT2D eigenvalue weighted by molar-refractivity contribution is 7.16. The van der Waals surface area contributed by atoms with Crippen LogP contribution in [0.4, 0.5) is 0 Å². The van der Waals surface area contributed by atoms with Crippen molar-refractivity contribution in [2.45, 2.75) is 51.5 Å². The molecule has 4 saturated carbocycles. The molecule has 4 nitrogen and oxygen atoms in total. The summed E-state index contributed by atoms with van der Waals surface area (Å²) in [7, 11) is 1.73. The normalized spacial score (nSPS) is 32.5. The van der Waals surface area contributed by atoms with Crippen LogP contribution >= 0.6 is 11.3 Å². The molecule has 0 unspecified atom stereocenters. The van der Waals surface area contributed by atoms with Gasteiger partial charge in [-0.1, -0.05) is 23.5 Å². The van der Waals surface area contributed by atoms with E-state index < -0.39 is 0 Å². The van der Waals surface area contributed by atoms with Crippen molar-refractivity contribution in [3.05, 3.63) is 29.1 Å². The SMILES string of the molecule is COCCCn1/c(=N/C(=O)C23CC4CC(CC(C4)C2)C3)sc2ccccc21. The van der Waals surface area contributed by atoms with Crippen LogP contribution < -0.4 is 4.80 Å². The lowest BCUT2D eigenvalue weighted by Crippen LogP contribution is -2.49. The van der Waals surface area contributed by atoms with Gasteiger partial charge in [0.05, 0.1) is 15.6 Å². The van der Waals surface area contributed by atoms with E-state index in [0.29, 0.717) is 0 Å². The fraction of sp³-hybridized carbons (Fsp3) is 0.636. The van der Waals surface area contributed by atoms with Crippen LogP contribution in [0.15, 0.2) is 29.3 Å². The number of fused-ring (bicyclic) bond motifs is 1. The van der Waals surface area contributed by atoms with E-state index in [-0.39, 0.29) is 11.3 Å². The Morgan fingerprint density at radius 2 is 1.85 bits per heavy atom. The quantitative estimate of drug-likeness (QED) is 0.718. The van der Waals surface area contributed by atoms with Gasteiger partial charge in [-0.2, -0.15) is 4.99 Å². The summed E-state index contributed by atoms with van der Waals surface area (Å²) in [5, 5.41) is 0. The maximum atomic E-state index is 13.4. The predicted molar refractivity (Wildman–Crippen MR) is 107 cm³/mol. The van der Waals surface area contributed by atoms with Crippen LogP contribution in [-0.2, 0) is 16.1 Å². The van der Waals surface area contributed by atoms with Crippen molar-refractivity contribution in [2.24, 2.45) is 28.2 Å². The molecule has 0 spiro atoms. The number of hydrogen-bond acceptors (Lipinski definition) is 3. The molecule has 0 aliphatic heterocycles. The Kier molecular flexibility index (Phi) is 4.47. The topological polar surface area (TPSA) is 43.6 Å². The third-order valence-electron chi connectivity index (χ3n) is 7.01. The summed E-state index contributed by atoms with van der Waals surface area (Å²) < 4.78 is 8.65. The van der Waals surface area contributed by atoms with Crippen LogP contribution in [0.25, 0.3) is 10.2 Å². The highest BCUT2D eigenvalue weighted by Gasteiger charge is 2.54. The van der Waals surface area contributed by atoms with Gasteiger partial charge in [0.15, 0.2) is 4.80 Å². The molecule has 4 bridgehead atoms. The van der Waals surface area contributed by atoms with Crippen LogP contribution in [0.5, 0.6) is 0 Å². The molecule has 27 heavy (non-hydrogen) atoms. The minimum atomic E-state index is -0.157. The highest BCUT2D eigenvalue weighted by Crippen LogP contribution is 2.60. The molecular formula is C22H28N2O2S. The number of thiazole rings is 1. The van der Waals surface area contributed by atoms with Crippen molar-refractivity contribution in [2.75, 3.05) is 13.7 Å². The first-order chi connectivity index (χ1) is 13.2. The molecule has 0 saturated heterocycles. The summed E-state index contributed by atoms with van der Waals surface area (Å²) in [6.07, 6.45) is 8.23. The Labute approximate surface area is 164 Å². The van der Waals surface area contributed by atoms with Crippen molar-refractivity contribution in [3.8, 4) is 0 Å². The third-order valence-corrected chi connectivity index (χ3v) is 8.07. The second-order valence-corrected chi connectivity index (χ2v) is 9.97. The van der Waals surface area contributed by atoms with E-state index in [1.165, 1.54) is 29.5 Å². The summed E-state index contributed by atoms with van der Waals surface area (Å²) in [5.74, 6) is 2.47. The molecule has 0 atom stereocenters. The van der Waals surface area contributed by atoms with Crippen LogP contribution in [0.3, 0.4) is 0 Å². The Hall–Kier alpha value is -1.46. The zero-order chi connectivity index (χ0) is 18.4. The van der Waals surface area contributed by atoms with E-state index in [4.69, 9.17) is 9.73 Å². The van der Waals surface area contributed by atoms with Gasteiger partial charge in [-0.05, 0) is 74.8 Å². The summed E-state index contributed by atoms with van der Waals surface area (Å²) in [6.45, 7) is 1.56. The van der Waals surface area contributed by atoms with Crippen molar-refractivity contribution in [3.63, 3.8) is 0 Å². The number of benzene rings is 1. The average molecular weight is 385 g/mol. The van der Waals surface area contributed by atoms with Gasteiger partial charge in [0.25, 0.3) is 5.91 Å². The van der Waals surface area contributed by atoms with Gasteiger partial charge >= 0.3 is 0 Å². The minimum absolute atomic E-state index is 0.157. The third kappa shape index (κ3) is 3.09. The van der Waals surface area contributed by atoms with Gasteiger partial charge in [-0.15, -0.1) is 0 Å². The number of aromatic nitrogens is 1. The molecular weight excluding hydrogens is 356 g/mol. The maximum Gasteiger partial charge on any atom is 0.254 e. The molecule has 5 heteroatoms. The zero-order valence-electron chi connectivity index (χ0n) is 16.0. The number of ether oxygens (including phenoxy) is 1. The lowest BCUT2D eigenvalue weighted by molar-refractivity contribution is -0.142. The van der Waals surface area contributed by atoms with E-state index in [1.54, 1.807) is 18.4 Å². The molecule has 4 aliphatic carbocycles. The molecule has 1 aromatic carbocycles. The number of hydrogen-bond donors (Lipinski definition) is 0. The van der Waals surface area contributed by atoms with E-state index in [1.807, 2.05) is 0 Å². The van der Waals surface area contributed by atoms with E-state index in [2.05, 4.69) is 28.8 Å². The van der Waals surface area contributed by atoms with Crippen molar-refractivity contribution < 1.29 is 9.53 Å². The van der Waals surface area contributed by atoms with Gasteiger partial charge < -0.3 is 9.30 Å². The predicted octanol–water partition coefficient (Wildman–Crippen LogP) is 4.38. The standard InChI is InChI=1S/C22H28N2O2S/c1-26-8-4-7-24-18-5-2-3-6-19(18)27-21(24)23-20(25)22-12-15-9-16(13-22)11-17(10-15)14-22/h2-3,5-6,15-17H,4,7-14H2,1H3/b23-21-. The van der Waals surface area contributed by atoms with E-state index in [0.717, 1.165) is 61.4 Å². The summed E-state index contributed by atoms with van der Waals surface area (Å²) in [6, 6.07) is 8.38. The molecule has 6 rings (SSSR count). The number of carbonyl (C=O) groups is 1. The second kappa shape index (κ2) is 6.85. The van der Waals surface area contributed by atoms with Crippen molar-refractivity contribution in [1.82, 2.24) is 4.57 Å². The number of para-hydroxylation sites is 1.